The molecule has 0 aliphatic heterocycles. The third-order valence-electron chi connectivity index (χ3n) is 7.16. The van der Waals surface area contributed by atoms with E-state index in [1.807, 2.05) is 91.0 Å². The molecule has 0 radical (unpaired) electrons. The van der Waals surface area contributed by atoms with Gasteiger partial charge in [-0.25, -0.2) is 9.59 Å². The molecule has 0 unspecified atom stereocenters. The number of hydrogen-bond donors (Lipinski definition) is 2. The van der Waals surface area contributed by atoms with Crippen LogP contribution < -0.4 is 20.2 Å². The fraction of sp³-hybridized carbons (Fsp3) is 0.128. The van der Waals surface area contributed by atoms with Crippen molar-refractivity contribution in [2.24, 2.45) is 5.10 Å². The molecular formula is C39H35N3O6S2. The van der Waals surface area contributed by atoms with Gasteiger partial charge in [0.1, 0.15) is 24.7 Å². The molecule has 0 fully saturated rings. The molecule has 0 aliphatic rings. The first kappa shape index (κ1) is 35.7. The van der Waals surface area contributed by atoms with Gasteiger partial charge in [0, 0.05) is 28.0 Å². The van der Waals surface area contributed by atoms with Crippen molar-refractivity contribution in [3.8, 4) is 11.5 Å². The summed E-state index contributed by atoms with van der Waals surface area (Å²) in [6.45, 7) is 0.613. The van der Waals surface area contributed by atoms with E-state index in [0.29, 0.717) is 34.3 Å². The Morgan fingerprint density at radius 3 is 2.08 bits per heavy atom. The lowest BCUT2D eigenvalue weighted by Gasteiger charge is -2.12. The van der Waals surface area contributed by atoms with Crippen molar-refractivity contribution in [2.45, 2.75) is 23.9 Å². The van der Waals surface area contributed by atoms with Crippen molar-refractivity contribution < 1.29 is 28.5 Å². The van der Waals surface area contributed by atoms with Crippen LogP contribution in [0.3, 0.4) is 0 Å². The second kappa shape index (κ2) is 18.2. The van der Waals surface area contributed by atoms with Gasteiger partial charge >= 0.3 is 11.9 Å². The molecule has 5 aromatic carbocycles. The van der Waals surface area contributed by atoms with Crippen LogP contribution in [0.4, 0.5) is 5.69 Å². The lowest BCUT2D eigenvalue weighted by Crippen LogP contribution is -2.23. The monoisotopic (exact) mass is 705 g/mol. The van der Waals surface area contributed by atoms with Crippen LogP contribution in [-0.4, -0.2) is 37.5 Å². The fourth-order valence-electron chi connectivity index (χ4n) is 4.66. The number of esters is 2. The summed E-state index contributed by atoms with van der Waals surface area (Å²) < 4.78 is 21.8. The Labute approximate surface area is 300 Å². The first-order valence-electron chi connectivity index (χ1n) is 15.5. The minimum absolute atomic E-state index is 0.231. The predicted molar refractivity (Wildman–Crippen MR) is 200 cm³/mol. The molecule has 0 saturated carbocycles. The smallest absolute Gasteiger partial charge is 0.337 e. The summed E-state index contributed by atoms with van der Waals surface area (Å²) >= 11 is 7.16. The molecule has 50 heavy (non-hydrogen) atoms. The quantitative estimate of drug-likeness (QED) is 0.0388. The minimum atomic E-state index is -0.408. The molecule has 5 rings (SSSR count). The Hall–Kier alpha value is -5.65. The SMILES string of the molecule is COC(=O)c1ccc(CSc2cccc(NC(=S)N/N=C/c3cc(OCc4ccccc4)cc(OCc4cccc(C(=O)OC)c4)c3)c2)cc1. The molecule has 0 aliphatic carbocycles. The average Bonchev–Trinajstić information content (AvgIpc) is 3.15. The summed E-state index contributed by atoms with van der Waals surface area (Å²) in [5.41, 5.74) is 8.31. The van der Waals surface area contributed by atoms with Crippen molar-refractivity contribution in [1.29, 1.82) is 0 Å². The number of nitrogens with one attached hydrogen (secondary N) is 2. The van der Waals surface area contributed by atoms with Gasteiger partial charge in [-0.3, -0.25) is 5.43 Å². The highest BCUT2D eigenvalue weighted by atomic mass is 32.2. The highest BCUT2D eigenvalue weighted by molar-refractivity contribution is 7.98. The first-order chi connectivity index (χ1) is 24.4. The zero-order valence-electron chi connectivity index (χ0n) is 27.5. The molecule has 9 nitrogen and oxygen atoms in total. The summed E-state index contributed by atoms with van der Waals surface area (Å²) in [6.07, 6.45) is 1.63. The van der Waals surface area contributed by atoms with E-state index in [1.54, 1.807) is 48.3 Å². The van der Waals surface area contributed by atoms with E-state index in [0.717, 1.165) is 38.6 Å². The summed E-state index contributed by atoms with van der Waals surface area (Å²) in [6, 6.07) is 37.8. The predicted octanol–water partition coefficient (Wildman–Crippen LogP) is 8.03. The van der Waals surface area contributed by atoms with Gasteiger partial charge in [-0.2, -0.15) is 5.10 Å². The van der Waals surface area contributed by atoms with Gasteiger partial charge in [0.2, 0.25) is 0 Å². The Kier molecular flexibility index (Phi) is 13.0. The number of anilines is 1. The number of ether oxygens (including phenoxy) is 4. The number of benzene rings is 5. The van der Waals surface area contributed by atoms with E-state index in [1.165, 1.54) is 14.2 Å². The lowest BCUT2D eigenvalue weighted by molar-refractivity contribution is 0.0591. The van der Waals surface area contributed by atoms with E-state index in [4.69, 9.17) is 31.2 Å². The highest BCUT2D eigenvalue weighted by Crippen LogP contribution is 2.26. The van der Waals surface area contributed by atoms with Gasteiger partial charge in [-0.15, -0.1) is 11.8 Å². The molecule has 0 aromatic heterocycles. The van der Waals surface area contributed by atoms with Crippen molar-refractivity contribution in [3.05, 3.63) is 155 Å². The first-order valence-corrected chi connectivity index (χ1v) is 16.9. The van der Waals surface area contributed by atoms with Crippen LogP contribution in [0, 0.1) is 0 Å². The standard InChI is InChI=1S/C39H35N3O6S2/c1-45-37(43)31-16-14-28(15-17-31)26-50-36-13-7-12-33(21-36)41-39(49)42-40-23-30-19-34(47-24-27-8-4-3-5-9-27)22-35(20-30)48-25-29-10-6-11-32(18-29)38(44)46-2/h3-23H,24-26H2,1-2H3,(H2,41,42,49)/b40-23+. The fourth-order valence-corrected chi connectivity index (χ4v) is 5.74. The van der Waals surface area contributed by atoms with E-state index < -0.39 is 5.97 Å². The van der Waals surface area contributed by atoms with E-state index >= 15 is 0 Å². The number of carbonyl (C=O) groups is 2. The van der Waals surface area contributed by atoms with Crippen molar-refractivity contribution >= 4 is 52.9 Å². The number of methoxy groups -OCH3 is 2. The molecular weight excluding hydrogens is 671 g/mol. The van der Waals surface area contributed by atoms with Gasteiger partial charge in [0.25, 0.3) is 0 Å². The van der Waals surface area contributed by atoms with Gasteiger partial charge in [-0.05, 0) is 83.5 Å². The van der Waals surface area contributed by atoms with Gasteiger partial charge < -0.3 is 24.3 Å². The molecule has 0 amide bonds. The lowest BCUT2D eigenvalue weighted by atomic mass is 10.1. The molecule has 0 atom stereocenters. The Morgan fingerprint density at radius 1 is 0.700 bits per heavy atom. The molecule has 0 spiro atoms. The third-order valence-corrected chi connectivity index (χ3v) is 8.41. The molecule has 0 saturated heterocycles. The number of rotatable bonds is 14. The second-order valence-electron chi connectivity index (χ2n) is 10.8. The second-order valence-corrected chi connectivity index (χ2v) is 12.3. The molecule has 254 valence electrons. The van der Waals surface area contributed by atoms with Gasteiger partial charge in [-0.1, -0.05) is 60.7 Å². The molecule has 11 heteroatoms. The van der Waals surface area contributed by atoms with E-state index in [9.17, 15) is 9.59 Å². The van der Waals surface area contributed by atoms with Crippen LogP contribution >= 0.6 is 24.0 Å². The zero-order chi connectivity index (χ0) is 35.1. The molecule has 5 aromatic rings. The van der Waals surface area contributed by atoms with E-state index in [-0.39, 0.29) is 12.6 Å². The van der Waals surface area contributed by atoms with Gasteiger partial charge in [0.05, 0.1) is 31.6 Å². The minimum Gasteiger partial charge on any atom is -0.489 e. The van der Waals surface area contributed by atoms with Crippen LogP contribution in [0.15, 0.2) is 131 Å². The number of hydrogen-bond acceptors (Lipinski definition) is 9. The Bertz CT molecular complexity index is 1950. The summed E-state index contributed by atoms with van der Waals surface area (Å²) in [5.74, 6) is 1.14. The Balaban J connectivity index is 1.20. The van der Waals surface area contributed by atoms with Crippen molar-refractivity contribution in [2.75, 3.05) is 19.5 Å². The van der Waals surface area contributed by atoms with E-state index in [2.05, 4.69) is 15.8 Å². The van der Waals surface area contributed by atoms with Crippen LogP contribution in [0.5, 0.6) is 11.5 Å². The largest absolute Gasteiger partial charge is 0.489 e. The maximum atomic E-state index is 12.0. The van der Waals surface area contributed by atoms with Crippen LogP contribution in [0.2, 0.25) is 0 Å². The highest BCUT2D eigenvalue weighted by Gasteiger charge is 2.09. The van der Waals surface area contributed by atoms with Crippen LogP contribution in [0.1, 0.15) is 43.0 Å². The number of nitrogens with zero attached hydrogens (tertiary/aromatic N) is 1. The summed E-state index contributed by atoms with van der Waals surface area (Å²) in [5, 5.41) is 7.83. The summed E-state index contributed by atoms with van der Waals surface area (Å²) in [4.78, 5) is 24.7. The zero-order valence-corrected chi connectivity index (χ0v) is 29.1. The topological polar surface area (TPSA) is 107 Å². The van der Waals surface area contributed by atoms with Crippen molar-refractivity contribution in [1.82, 2.24) is 5.43 Å². The number of thiocarbonyl (C=S) groups is 1. The third kappa shape index (κ3) is 10.9. The molecule has 2 N–H and O–H groups in total. The Morgan fingerprint density at radius 2 is 1.36 bits per heavy atom. The van der Waals surface area contributed by atoms with Crippen LogP contribution in [-0.2, 0) is 28.4 Å². The van der Waals surface area contributed by atoms with Crippen LogP contribution in [0.25, 0.3) is 0 Å². The number of thioether (sulfide) groups is 1. The van der Waals surface area contributed by atoms with Gasteiger partial charge in [0.15, 0.2) is 5.11 Å². The normalized spacial score (nSPS) is 10.7. The molecule has 0 bridgehead atoms. The maximum Gasteiger partial charge on any atom is 0.337 e. The molecule has 0 heterocycles. The maximum absolute atomic E-state index is 12.0. The average molecular weight is 706 g/mol. The van der Waals surface area contributed by atoms with Crippen molar-refractivity contribution in [3.63, 3.8) is 0 Å². The number of carbonyl (C=O) groups excluding carboxylic acids is 2. The summed E-state index contributed by atoms with van der Waals surface area (Å²) in [7, 11) is 2.72. The number of hydrazone groups is 1.